The van der Waals surface area contributed by atoms with Crippen LogP contribution in [0.5, 0.6) is 0 Å². The number of carbonyl (C=O) groups is 2. The van der Waals surface area contributed by atoms with Gasteiger partial charge in [-0.05, 0) is 37.1 Å². The molecule has 1 N–H and O–H groups in total. The highest BCUT2D eigenvalue weighted by atomic mass is 35.5. The van der Waals surface area contributed by atoms with Crippen molar-refractivity contribution in [1.82, 2.24) is 9.88 Å². The number of esters is 1. The molecule has 2 aromatic rings. The fourth-order valence-electron chi connectivity index (χ4n) is 3.31. The van der Waals surface area contributed by atoms with E-state index in [4.69, 9.17) is 27.9 Å². The number of amides is 1. The summed E-state index contributed by atoms with van der Waals surface area (Å²) in [5.41, 5.74) is -2.10. The molecule has 0 spiro atoms. The number of nitrogens with zero attached hydrogens (tertiary/aromatic N) is 2. The summed E-state index contributed by atoms with van der Waals surface area (Å²) < 4.78 is 71.9. The lowest BCUT2D eigenvalue weighted by Crippen LogP contribution is -2.41. The zero-order valence-electron chi connectivity index (χ0n) is 16.8. The van der Waals surface area contributed by atoms with E-state index >= 15 is 0 Å². The van der Waals surface area contributed by atoms with Gasteiger partial charge in [0, 0.05) is 12.7 Å². The van der Waals surface area contributed by atoms with Crippen LogP contribution in [0.4, 0.5) is 18.9 Å². The van der Waals surface area contributed by atoms with Gasteiger partial charge >= 0.3 is 12.1 Å². The number of nitrogens with one attached hydrogen (secondary N) is 1. The van der Waals surface area contributed by atoms with E-state index in [2.05, 4.69) is 9.71 Å². The monoisotopic (exact) mass is 525 g/mol. The van der Waals surface area contributed by atoms with Crippen LogP contribution < -0.4 is 4.72 Å². The Morgan fingerprint density at radius 2 is 1.94 bits per heavy atom. The second kappa shape index (κ2) is 9.35. The van der Waals surface area contributed by atoms with Crippen LogP contribution in [0.3, 0.4) is 0 Å². The lowest BCUT2D eigenvalue weighted by Gasteiger charge is -2.23. The van der Waals surface area contributed by atoms with Crippen molar-refractivity contribution < 1.29 is 35.9 Å². The minimum absolute atomic E-state index is 0.0396. The second-order valence-corrected chi connectivity index (χ2v) is 9.50. The number of sulfonamides is 1. The van der Waals surface area contributed by atoms with Crippen LogP contribution >= 0.6 is 23.2 Å². The number of pyridine rings is 1. The lowest BCUT2D eigenvalue weighted by molar-refractivity contribution is -0.145. The Balaban J connectivity index is 1.99. The molecule has 1 unspecified atom stereocenters. The molecule has 1 atom stereocenters. The highest BCUT2D eigenvalue weighted by Crippen LogP contribution is 2.36. The SMILES string of the molecule is COC(=O)C1CCCN1C(=O)c1ncc(Cl)cc1NS(=O)(=O)c1ccc(Cl)c(C(F)(F)F)c1. The van der Waals surface area contributed by atoms with E-state index in [0.717, 1.165) is 24.4 Å². The molecular formula is C19H16Cl2F3N3O5S. The largest absolute Gasteiger partial charge is 0.467 e. The Morgan fingerprint density at radius 3 is 2.58 bits per heavy atom. The average molecular weight is 526 g/mol. The standard InChI is InChI=1S/C19H16Cl2F3N3O5S/c1-32-18(29)15-3-2-6-27(15)17(28)16-14(7-10(20)9-25-16)26-33(30,31)11-4-5-13(21)12(8-11)19(22,23)24/h4-5,7-9,15,26H,2-3,6H2,1H3. The van der Waals surface area contributed by atoms with Crippen LogP contribution in [-0.4, -0.2) is 49.9 Å². The van der Waals surface area contributed by atoms with Gasteiger partial charge in [-0.15, -0.1) is 0 Å². The van der Waals surface area contributed by atoms with E-state index in [1.54, 1.807) is 0 Å². The summed E-state index contributed by atoms with van der Waals surface area (Å²) in [7, 11) is -3.44. The molecule has 0 aliphatic carbocycles. The Morgan fingerprint density at radius 1 is 1.24 bits per heavy atom. The van der Waals surface area contributed by atoms with Gasteiger partial charge in [0.15, 0.2) is 5.69 Å². The number of rotatable bonds is 5. The number of aromatic nitrogens is 1. The summed E-state index contributed by atoms with van der Waals surface area (Å²) >= 11 is 11.5. The van der Waals surface area contributed by atoms with Gasteiger partial charge in [0.05, 0.1) is 33.3 Å². The molecule has 2 heterocycles. The van der Waals surface area contributed by atoms with E-state index in [1.807, 2.05) is 0 Å². The minimum atomic E-state index is -4.89. The minimum Gasteiger partial charge on any atom is -0.467 e. The van der Waals surface area contributed by atoms with Crippen LogP contribution in [0.15, 0.2) is 35.4 Å². The molecule has 1 aromatic heterocycles. The molecule has 0 bridgehead atoms. The number of carbonyl (C=O) groups excluding carboxylic acids is 2. The molecule has 1 aliphatic heterocycles. The second-order valence-electron chi connectivity index (χ2n) is 6.97. The molecule has 1 aliphatic rings. The van der Waals surface area contributed by atoms with Gasteiger partial charge in [-0.2, -0.15) is 13.2 Å². The number of methoxy groups -OCH3 is 1. The predicted molar refractivity (Wildman–Crippen MR) is 113 cm³/mol. The number of alkyl halides is 3. The molecule has 33 heavy (non-hydrogen) atoms. The topological polar surface area (TPSA) is 106 Å². The fraction of sp³-hybridized carbons (Fsp3) is 0.316. The van der Waals surface area contributed by atoms with Gasteiger partial charge < -0.3 is 9.64 Å². The normalized spacial score (nSPS) is 16.5. The van der Waals surface area contributed by atoms with Crippen molar-refractivity contribution in [2.24, 2.45) is 0 Å². The molecule has 1 saturated heterocycles. The Kier molecular flexibility index (Phi) is 7.10. The molecule has 1 aromatic carbocycles. The van der Waals surface area contributed by atoms with Crippen LogP contribution in [0, 0.1) is 0 Å². The van der Waals surface area contributed by atoms with Crippen molar-refractivity contribution in [3.05, 3.63) is 51.8 Å². The molecule has 14 heteroatoms. The third-order valence-corrected chi connectivity index (χ3v) is 6.74. The maximum Gasteiger partial charge on any atom is 0.417 e. The van der Waals surface area contributed by atoms with Crippen molar-refractivity contribution >= 4 is 50.8 Å². The first-order chi connectivity index (χ1) is 15.3. The van der Waals surface area contributed by atoms with E-state index in [-0.39, 0.29) is 22.9 Å². The molecule has 0 radical (unpaired) electrons. The van der Waals surface area contributed by atoms with Crippen LogP contribution in [0.2, 0.25) is 10.0 Å². The number of halogens is 5. The number of likely N-dealkylation sites (tertiary alicyclic amines) is 1. The van der Waals surface area contributed by atoms with Crippen LogP contribution in [0.25, 0.3) is 0 Å². The maximum atomic E-state index is 13.2. The van der Waals surface area contributed by atoms with E-state index in [1.165, 1.54) is 12.0 Å². The quantitative estimate of drug-likeness (QED) is 0.591. The number of hydrogen-bond donors (Lipinski definition) is 1. The van der Waals surface area contributed by atoms with Gasteiger partial charge in [-0.3, -0.25) is 9.52 Å². The van der Waals surface area contributed by atoms with Crippen LogP contribution in [0.1, 0.15) is 28.9 Å². The van der Waals surface area contributed by atoms with Gasteiger partial charge in [0.1, 0.15) is 6.04 Å². The van der Waals surface area contributed by atoms with Crippen molar-refractivity contribution in [1.29, 1.82) is 0 Å². The maximum absolute atomic E-state index is 13.2. The lowest BCUT2D eigenvalue weighted by atomic mass is 10.2. The molecular weight excluding hydrogens is 510 g/mol. The third-order valence-electron chi connectivity index (χ3n) is 4.84. The van der Waals surface area contributed by atoms with Crippen LogP contribution in [-0.2, 0) is 25.7 Å². The third kappa shape index (κ3) is 5.33. The number of ether oxygens (including phenoxy) is 1. The summed E-state index contributed by atoms with van der Waals surface area (Å²) in [6, 6.07) is 2.26. The molecule has 8 nitrogen and oxygen atoms in total. The first-order valence-corrected chi connectivity index (χ1v) is 11.5. The summed E-state index contributed by atoms with van der Waals surface area (Å²) in [6.45, 7) is 0.196. The highest BCUT2D eigenvalue weighted by Gasteiger charge is 2.38. The van der Waals surface area contributed by atoms with E-state index in [0.29, 0.717) is 18.9 Å². The zero-order chi connectivity index (χ0) is 24.6. The van der Waals surface area contributed by atoms with Gasteiger partial charge in [0.25, 0.3) is 15.9 Å². The van der Waals surface area contributed by atoms with Gasteiger partial charge in [-0.1, -0.05) is 23.2 Å². The Bertz CT molecular complexity index is 1210. The first-order valence-electron chi connectivity index (χ1n) is 9.29. The number of benzene rings is 1. The summed E-state index contributed by atoms with van der Waals surface area (Å²) in [4.78, 5) is 29.4. The molecule has 0 saturated carbocycles. The molecule has 178 valence electrons. The molecule has 1 fully saturated rings. The number of anilines is 1. The van der Waals surface area contributed by atoms with Gasteiger partial charge in [0.2, 0.25) is 0 Å². The highest BCUT2D eigenvalue weighted by molar-refractivity contribution is 7.92. The average Bonchev–Trinajstić information content (AvgIpc) is 3.22. The van der Waals surface area contributed by atoms with Crippen molar-refractivity contribution in [3.8, 4) is 0 Å². The van der Waals surface area contributed by atoms with E-state index in [9.17, 15) is 31.2 Å². The van der Waals surface area contributed by atoms with Gasteiger partial charge in [-0.25, -0.2) is 18.2 Å². The molecule has 3 rings (SSSR count). The van der Waals surface area contributed by atoms with Crippen molar-refractivity contribution in [2.45, 2.75) is 30.0 Å². The van der Waals surface area contributed by atoms with Crippen molar-refractivity contribution in [3.63, 3.8) is 0 Å². The number of hydrogen-bond acceptors (Lipinski definition) is 6. The summed E-state index contributed by atoms with van der Waals surface area (Å²) in [5, 5.41) is -0.716. The smallest absolute Gasteiger partial charge is 0.417 e. The predicted octanol–water partition coefficient (Wildman–Crippen LogP) is 3.99. The Labute approximate surface area is 196 Å². The van der Waals surface area contributed by atoms with E-state index < -0.39 is 49.6 Å². The summed E-state index contributed by atoms with van der Waals surface area (Å²) in [5.74, 6) is -1.41. The first kappa shape index (κ1) is 25.1. The summed E-state index contributed by atoms with van der Waals surface area (Å²) in [6.07, 6.45) is -2.94. The Hall–Kier alpha value is -2.57. The van der Waals surface area contributed by atoms with Crippen molar-refractivity contribution in [2.75, 3.05) is 18.4 Å². The fourth-order valence-corrected chi connectivity index (χ4v) is 4.77. The zero-order valence-corrected chi connectivity index (χ0v) is 19.1. The molecule has 1 amide bonds.